The van der Waals surface area contributed by atoms with Crippen LogP contribution in [0.5, 0.6) is 0 Å². The summed E-state index contributed by atoms with van der Waals surface area (Å²) in [6.07, 6.45) is -5.29. The molecule has 35 heavy (non-hydrogen) atoms. The molecule has 10 heteroatoms. The third-order valence-corrected chi connectivity index (χ3v) is 6.65. The summed E-state index contributed by atoms with van der Waals surface area (Å²) in [7, 11) is 0. The molecule has 1 atom stereocenters. The molecule has 1 aliphatic carbocycles. The minimum atomic E-state index is -3.94. The smallest absolute Gasteiger partial charge is 0.293 e. The molecule has 0 fully saturated rings. The van der Waals surface area contributed by atoms with Crippen LogP contribution in [0.15, 0.2) is 24.3 Å². The van der Waals surface area contributed by atoms with Gasteiger partial charge in [0.1, 0.15) is 11.4 Å². The van der Waals surface area contributed by atoms with E-state index in [1.165, 1.54) is 20.8 Å². The van der Waals surface area contributed by atoms with Gasteiger partial charge in [-0.1, -0.05) is 18.2 Å². The van der Waals surface area contributed by atoms with Crippen molar-refractivity contribution in [2.45, 2.75) is 77.8 Å². The molecular formula is C25H27F6N3O. The molecule has 0 bridgehead atoms. The number of fused-ring (bicyclic) bond motifs is 2. The standard InChI is InChI=1S/C25H27F6N3O/c1-12(2)33-17-9-7-6-8-16(17)19(14(5)35)18(33)10-15-11-24(28,29)20-21(23(26)27)32-34(13(3)4)22(20)25(15,30)31/h6-9,12-13,15,23H,10-11H2,1-5H3. The molecule has 3 aromatic rings. The van der Waals surface area contributed by atoms with E-state index in [-0.39, 0.29) is 23.1 Å². The van der Waals surface area contributed by atoms with Crippen LogP contribution in [0.4, 0.5) is 26.3 Å². The third-order valence-electron chi connectivity index (χ3n) is 6.65. The summed E-state index contributed by atoms with van der Waals surface area (Å²) < 4.78 is 92.1. The van der Waals surface area contributed by atoms with E-state index in [0.717, 1.165) is 0 Å². The largest absolute Gasteiger partial charge is 0.341 e. The summed E-state index contributed by atoms with van der Waals surface area (Å²) in [6, 6.07) is 5.82. The number of hydrogen-bond acceptors (Lipinski definition) is 2. The van der Waals surface area contributed by atoms with E-state index in [9.17, 15) is 13.6 Å². The molecule has 0 amide bonds. The first-order valence-electron chi connectivity index (χ1n) is 11.5. The molecule has 0 saturated carbocycles. The number of halogens is 6. The zero-order valence-corrected chi connectivity index (χ0v) is 20.1. The van der Waals surface area contributed by atoms with Gasteiger partial charge < -0.3 is 4.57 Å². The molecule has 1 aromatic carbocycles. The molecule has 1 unspecified atom stereocenters. The average Bonchev–Trinajstić information content (AvgIpc) is 3.30. The van der Waals surface area contributed by atoms with Crippen LogP contribution < -0.4 is 0 Å². The van der Waals surface area contributed by atoms with Crippen LogP contribution in [0.25, 0.3) is 10.9 Å². The minimum absolute atomic E-state index is 0.213. The van der Waals surface area contributed by atoms with Crippen LogP contribution in [-0.2, 0) is 18.3 Å². The van der Waals surface area contributed by atoms with Crippen LogP contribution in [0.1, 0.15) is 92.6 Å². The van der Waals surface area contributed by atoms with Crippen LogP contribution in [-0.4, -0.2) is 20.1 Å². The Balaban J connectivity index is 1.95. The van der Waals surface area contributed by atoms with Gasteiger partial charge in [0.2, 0.25) is 0 Å². The minimum Gasteiger partial charge on any atom is -0.341 e. The van der Waals surface area contributed by atoms with E-state index in [1.807, 2.05) is 13.8 Å². The van der Waals surface area contributed by atoms with E-state index in [0.29, 0.717) is 15.6 Å². The predicted octanol–water partition coefficient (Wildman–Crippen LogP) is 7.59. The average molecular weight is 499 g/mol. The number of benzene rings is 1. The van der Waals surface area contributed by atoms with Crippen LogP contribution in [0, 0.1) is 5.92 Å². The molecule has 1 aliphatic rings. The SMILES string of the molecule is CC(=O)c1c(CC2CC(F)(F)c3c(C(F)F)nn(C(C)C)c3C2(F)F)n(C(C)C)c2ccccc12. The van der Waals surface area contributed by atoms with Gasteiger partial charge in [0.25, 0.3) is 18.3 Å². The summed E-state index contributed by atoms with van der Waals surface area (Å²) in [5.41, 5.74) is -2.76. The number of nitrogens with zero attached hydrogens (tertiary/aromatic N) is 3. The summed E-state index contributed by atoms with van der Waals surface area (Å²) >= 11 is 0. The van der Waals surface area contributed by atoms with Gasteiger partial charge in [-0.05, 0) is 47.1 Å². The van der Waals surface area contributed by atoms with Crippen molar-refractivity contribution in [2.75, 3.05) is 0 Å². The Kier molecular flexibility index (Phi) is 6.08. The van der Waals surface area contributed by atoms with Gasteiger partial charge in [-0.25, -0.2) is 17.6 Å². The van der Waals surface area contributed by atoms with E-state index in [4.69, 9.17) is 0 Å². The van der Waals surface area contributed by atoms with Crippen molar-refractivity contribution < 1.29 is 31.1 Å². The Bertz CT molecular complexity index is 1290. The van der Waals surface area contributed by atoms with Gasteiger partial charge in [-0.15, -0.1) is 0 Å². The fraction of sp³-hybridized carbons (Fsp3) is 0.520. The van der Waals surface area contributed by atoms with Gasteiger partial charge in [0.15, 0.2) is 5.78 Å². The first-order valence-corrected chi connectivity index (χ1v) is 11.5. The van der Waals surface area contributed by atoms with Gasteiger partial charge >= 0.3 is 0 Å². The summed E-state index contributed by atoms with van der Waals surface area (Å²) in [5.74, 6) is -10.1. The van der Waals surface area contributed by atoms with Crippen molar-refractivity contribution in [1.82, 2.24) is 14.3 Å². The maximum atomic E-state index is 16.0. The molecule has 0 spiro atoms. The monoisotopic (exact) mass is 499 g/mol. The number of rotatable bonds is 6. The predicted molar refractivity (Wildman–Crippen MR) is 119 cm³/mol. The van der Waals surface area contributed by atoms with Crippen molar-refractivity contribution in [3.8, 4) is 0 Å². The molecule has 0 N–H and O–H groups in total. The lowest BCUT2D eigenvalue weighted by Gasteiger charge is -2.37. The molecule has 190 valence electrons. The Morgan fingerprint density at radius 2 is 1.71 bits per heavy atom. The summed E-state index contributed by atoms with van der Waals surface area (Å²) in [4.78, 5) is 12.6. The molecule has 0 aliphatic heterocycles. The number of ketones is 1. The summed E-state index contributed by atoms with van der Waals surface area (Å²) in [6.45, 7) is 7.78. The maximum absolute atomic E-state index is 16.0. The molecule has 0 saturated heterocycles. The number of carbonyl (C=O) groups excluding carboxylic acids is 1. The van der Waals surface area contributed by atoms with Gasteiger partial charge in [0, 0.05) is 46.6 Å². The first kappa shape index (κ1) is 25.3. The van der Waals surface area contributed by atoms with Crippen molar-refractivity contribution in [3.63, 3.8) is 0 Å². The van der Waals surface area contributed by atoms with Crippen LogP contribution in [0.3, 0.4) is 0 Å². The van der Waals surface area contributed by atoms with Crippen molar-refractivity contribution in [3.05, 3.63) is 52.5 Å². The Hall–Kier alpha value is -2.78. The van der Waals surface area contributed by atoms with E-state index < -0.39 is 60.0 Å². The van der Waals surface area contributed by atoms with Gasteiger partial charge in [-0.3, -0.25) is 9.48 Å². The Morgan fingerprint density at radius 3 is 2.26 bits per heavy atom. The fourth-order valence-corrected chi connectivity index (χ4v) is 5.32. The second-order valence-corrected chi connectivity index (χ2v) is 9.74. The topological polar surface area (TPSA) is 39.8 Å². The van der Waals surface area contributed by atoms with Crippen molar-refractivity contribution in [1.29, 1.82) is 0 Å². The van der Waals surface area contributed by atoms with Crippen molar-refractivity contribution in [2.24, 2.45) is 5.92 Å². The van der Waals surface area contributed by atoms with Crippen molar-refractivity contribution >= 4 is 16.7 Å². The number of carbonyl (C=O) groups is 1. The normalized spacial score (nSPS) is 19.2. The number of aromatic nitrogens is 3. The fourth-order valence-electron chi connectivity index (χ4n) is 5.32. The highest BCUT2D eigenvalue weighted by atomic mass is 19.3. The Labute approximate surface area is 198 Å². The molecular weight excluding hydrogens is 472 g/mol. The number of hydrogen-bond donors (Lipinski definition) is 0. The van der Waals surface area contributed by atoms with E-state index >= 15 is 17.6 Å². The van der Waals surface area contributed by atoms with Gasteiger partial charge in [-0.2, -0.15) is 13.9 Å². The van der Waals surface area contributed by atoms with Crippen LogP contribution >= 0.6 is 0 Å². The number of Topliss-reactive ketones (excluding diaryl/α,β-unsaturated/α-hetero) is 1. The maximum Gasteiger partial charge on any atom is 0.293 e. The zero-order valence-electron chi connectivity index (χ0n) is 20.1. The quantitative estimate of drug-likeness (QED) is 0.259. The van der Waals surface area contributed by atoms with Crippen LogP contribution in [0.2, 0.25) is 0 Å². The van der Waals surface area contributed by atoms with E-state index in [2.05, 4.69) is 5.10 Å². The lowest BCUT2D eigenvalue weighted by molar-refractivity contribution is -0.145. The Morgan fingerprint density at radius 1 is 1.09 bits per heavy atom. The molecule has 4 nitrogen and oxygen atoms in total. The zero-order chi connectivity index (χ0) is 26.0. The highest BCUT2D eigenvalue weighted by Gasteiger charge is 2.60. The van der Waals surface area contributed by atoms with Gasteiger partial charge in [0.05, 0.1) is 5.56 Å². The lowest BCUT2D eigenvalue weighted by Crippen LogP contribution is -2.42. The number of alkyl halides is 6. The second kappa shape index (κ2) is 8.41. The van der Waals surface area contributed by atoms with E-state index in [1.54, 1.807) is 28.8 Å². The first-order chi connectivity index (χ1) is 16.2. The highest BCUT2D eigenvalue weighted by Crippen LogP contribution is 2.56. The molecule has 2 aromatic heterocycles. The number of para-hydroxylation sites is 1. The summed E-state index contributed by atoms with van der Waals surface area (Å²) in [5, 5.41) is 4.06. The molecule has 2 heterocycles. The molecule has 0 radical (unpaired) electrons. The second-order valence-electron chi connectivity index (χ2n) is 9.74. The lowest BCUT2D eigenvalue weighted by atomic mass is 9.77. The third kappa shape index (κ3) is 3.85. The molecule has 4 rings (SSSR count). The highest BCUT2D eigenvalue weighted by molar-refractivity contribution is 6.08.